The second-order valence-corrected chi connectivity index (χ2v) is 8.49. The molecule has 2 aromatic carbocycles. The van der Waals surface area contributed by atoms with E-state index < -0.39 is 11.8 Å². The van der Waals surface area contributed by atoms with E-state index in [1.807, 2.05) is 38.1 Å². The van der Waals surface area contributed by atoms with Gasteiger partial charge in [-0.25, -0.2) is 0 Å². The van der Waals surface area contributed by atoms with E-state index in [1.54, 1.807) is 6.07 Å². The Kier molecular flexibility index (Phi) is 8.85. The molecule has 2 rings (SSSR count). The molecule has 0 aliphatic carbocycles. The Morgan fingerprint density at radius 1 is 1.10 bits per heavy atom. The van der Waals surface area contributed by atoms with Crippen molar-refractivity contribution in [2.45, 2.75) is 46.5 Å². The van der Waals surface area contributed by atoms with Gasteiger partial charge in [-0.3, -0.25) is 4.79 Å². The zero-order valence-corrected chi connectivity index (χ0v) is 19.7. The van der Waals surface area contributed by atoms with Gasteiger partial charge in [-0.2, -0.15) is 0 Å². The topological polar surface area (TPSA) is 69.1 Å². The van der Waals surface area contributed by atoms with Crippen LogP contribution < -0.4 is 11.5 Å². The summed E-state index contributed by atoms with van der Waals surface area (Å²) < 4.78 is 0. The number of nitrogens with two attached hydrogens (primary N) is 2. The first-order valence-electron chi connectivity index (χ1n) is 10.6. The molecule has 0 radical (unpaired) electrons. The van der Waals surface area contributed by atoms with Crippen LogP contribution in [0.1, 0.15) is 53.5 Å². The standard InChI is InChI=1S/C27H33ClN2O/c1-17-9-6-12-23(21(17)5)19(3)15-22(11-8-14-29)16-20(4)26(27(30)31)25-18(2)10-7-13-24(25)28/h6-7,9-10,12-13,15-16,26H,3,8,11,14,29H2,1-2,4-5H3,(H2,30,31)/b20-16+,22-15-. The predicted octanol–water partition coefficient (Wildman–Crippen LogP) is 6.16. The van der Waals surface area contributed by atoms with Crippen LogP contribution in [0.4, 0.5) is 0 Å². The smallest absolute Gasteiger partial charge is 0.229 e. The average Bonchev–Trinajstić information content (AvgIpc) is 2.70. The van der Waals surface area contributed by atoms with Crippen LogP contribution in [0.5, 0.6) is 0 Å². The summed E-state index contributed by atoms with van der Waals surface area (Å²) >= 11 is 6.45. The molecule has 0 aliphatic rings. The number of benzene rings is 2. The van der Waals surface area contributed by atoms with Gasteiger partial charge in [0, 0.05) is 5.02 Å². The number of rotatable bonds is 9. The minimum atomic E-state index is -0.594. The third-order valence-corrected chi connectivity index (χ3v) is 6.02. The number of hydrogen-bond donors (Lipinski definition) is 2. The Hall–Kier alpha value is -2.62. The van der Waals surface area contributed by atoms with Gasteiger partial charge < -0.3 is 11.5 Å². The maximum absolute atomic E-state index is 12.4. The third kappa shape index (κ3) is 6.19. The van der Waals surface area contributed by atoms with Crippen molar-refractivity contribution < 1.29 is 4.79 Å². The van der Waals surface area contributed by atoms with Crippen LogP contribution >= 0.6 is 11.6 Å². The Balaban J connectivity index is 2.51. The molecule has 0 saturated heterocycles. The molecule has 2 aromatic rings. The lowest BCUT2D eigenvalue weighted by atomic mass is 9.86. The van der Waals surface area contributed by atoms with Crippen LogP contribution in [0, 0.1) is 20.8 Å². The van der Waals surface area contributed by atoms with Gasteiger partial charge in [-0.05, 0) is 92.1 Å². The fourth-order valence-corrected chi connectivity index (χ4v) is 4.20. The summed E-state index contributed by atoms with van der Waals surface area (Å²) in [6, 6.07) is 11.8. The number of primary amides is 1. The van der Waals surface area contributed by atoms with Crippen molar-refractivity contribution in [3.8, 4) is 0 Å². The van der Waals surface area contributed by atoms with Crippen LogP contribution in [0.3, 0.4) is 0 Å². The molecule has 4 N–H and O–H groups in total. The van der Waals surface area contributed by atoms with Gasteiger partial charge in [0.15, 0.2) is 0 Å². The highest BCUT2D eigenvalue weighted by molar-refractivity contribution is 6.31. The van der Waals surface area contributed by atoms with Crippen molar-refractivity contribution in [3.05, 3.63) is 99.1 Å². The van der Waals surface area contributed by atoms with E-state index in [0.717, 1.165) is 46.3 Å². The van der Waals surface area contributed by atoms with E-state index in [0.29, 0.717) is 11.6 Å². The lowest BCUT2D eigenvalue weighted by molar-refractivity contribution is -0.118. The molecule has 0 heterocycles. The molecule has 0 bridgehead atoms. The Morgan fingerprint density at radius 2 is 1.74 bits per heavy atom. The first kappa shape index (κ1) is 24.6. The van der Waals surface area contributed by atoms with Crippen molar-refractivity contribution in [2.24, 2.45) is 11.5 Å². The fourth-order valence-electron chi connectivity index (χ4n) is 3.87. The second kappa shape index (κ2) is 11.1. The lowest BCUT2D eigenvalue weighted by Crippen LogP contribution is -2.23. The number of allylic oxidation sites excluding steroid dienone is 4. The summed E-state index contributed by atoms with van der Waals surface area (Å²) in [7, 11) is 0. The van der Waals surface area contributed by atoms with Gasteiger partial charge in [0.2, 0.25) is 5.91 Å². The van der Waals surface area contributed by atoms with Crippen LogP contribution in [0.2, 0.25) is 5.02 Å². The van der Waals surface area contributed by atoms with E-state index in [1.165, 1.54) is 11.1 Å². The molecule has 1 amide bonds. The molecule has 164 valence electrons. The third-order valence-electron chi connectivity index (χ3n) is 5.69. The summed E-state index contributed by atoms with van der Waals surface area (Å²) in [6.07, 6.45) is 5.73. The zero-order valence-electron chi connectivity index (χ0n) is 19.0. The number of amides is 1. The van der Waals surface area contributed by atoms with E-state index in [4.69, 9.17) is 23.1 Å². The number of hydrogen-bond acceptors (Lipinski definition) is 2. The largest absolute Gasteiger partial charge is 0.369 e. The first-order chi connectivity index (χ1) is 14.7. The second-order valence-electron chi connectivity index (χ2n) is 8.08. The molecule has 31 heavy (non-hydrogen) atoms. The van der Waals surface area contributed by atoms with Crippen molar-refractivity contribution in [2.75, 3.05) is 6.54 Å². The van der Waals surface area contributed by atoms with Crippen LogP contribution in [0.25, 0.3) is 5.57 Å². The zero-order chi connectivity index (χ0) is 23.1. The highest BCUT2D eigenvalue weighted by Gasteiger charge is 2.24. The van der Waals surface area contributed by atoms with Gasteiger partial charge in [-0.1, -0.05) is 66.2 Å². The predicted molar refractivity (Wildman–Crippen MR) is 133 cm³/mol. The summed E-state index contributed by atoms with van der Waals surface area (Å²) in [5.41, 5.74) is 19.7. The minimum Gasteiger partial charge on any atom is -0.369 e. The summed E-state index contributed by atoms with van der Waals surface area (Å²) in [6.45, 7) is 13.0. The number of halogens is 1. The highest BCUT2D eigenvalue weighted by Crippen LogP contribution is 2.34. The molecule has 0 fully saturated rings. The maximum atomic E-state index is 12.4. The number of carbonyl (C=O) groups is 1. The molecular formula is C27H33ClN2O. The van der Waals surface area contributed by atoms with Crippen molar-refractivity contribution in [1.82, 2.24) is 0 Å². The minimum absolute atomic E-state index is 0.420. The SMILES string of the molecule is C=C(/C=C(\C=C(/C)C(C(N)=O)c1c(C)cccc1Cl)CCCN)c1cccc(C)c1C. The molecule has 0 spiro atoms. The Bertz CT molecular complexity index is 1010. The van der Waals surface area contributed by atoms with Gasteiger partial charge in [-0.15, -0.1) is 0 Å². The van der Waals surface area contributed by atoms with Gasteiger partial charge in [0.05, 0.1) is 5.92 Å². The van der Waals surface area contributed by atoms with Gasteiger partial charge in [0.25, 0.3) is 0 Å². The monoisotopic (exact) mass is 436 g/mol. The van der Waals surface area contributed by atoms with Crippen LogP contribution in [-0.2, 0) is 4.79 Å². The van der Waals surface area contributed by atoms with Crippen molar-refractivity contribution >= 4 is 23.1 Å². The van der Waals surface area contributed by atoms with E-state index in [9.17, 15) is 4.79 Å². The maximum Gasteiger partial charge on any atom is 0.229 e. The molecule has 0 aliphatic heterocycles. The number of carbonyl (C=O) groups excluding carboxylic acids is 1. The molecule has 0 aromatic heterocycles. The molecule has 3 nitrogen and oxygen atoms in total. The van der Waals surface area contributed by atoms with Gasteiger partial charge in [0.1, 0.15) is 0 Å². The molecule has 0 saturated carbocycles. The summed E-state index contributed by atoms with van der Waals surface area (Å²) in [4.78, 5) is 12.4. The normalized spacial score (nSPS) is 13.2. The highest BCUT2D eigenvalue weighted by atomic mass is 35.5. The van der Waals surface area contributed by atoms with Crippen LogP contribution in [-0.4, -0.2) is 12.5 Å². The Labute approximate surface area is 191 Å². The van der Waals surface area contributed by atoms with Gasteiger partial charge >= 0.3 is 0 Å². The molecular weight excluding hydrogens is 404 g/mol. The summed E-state index contributed by atoms with van der Waals surface area (Å²) in [5.74, 6) is -1.01. The first-order valence-corrected chi connectivity index (χ1v) is 10.9. The van der Waals surface area contributed by atoms with Crippen LogP contribution in [0.15, 0.2) is 66.3 Å². The molecule has 4 heteroatoms. The molecule has 1 unspecified atom stereocenters. The van der Waals surface area contributed by atoms with E-state index in [2.05, 4.69) is 38.6 Å². The fraction of sp³-hybridized carbons (Fsp3) is 0.296. The molecule has 1 atom stereocenters. The lowest BCUT2D eigenvalue weighted by Gasteiger charge is -2.19. The summed E-state index contributed by atoms with van der Waals surface area (Å²) in [5, 5.41) is 0.545. The van der Waals surface area contributed by atoms with E-state index in [-0.39, 0.29) is 0 Å². The number of aryl methyl sites for hydroxylation is 2. The Morgan fingerprint density at radius 3 is 2.35 bits per heavy atom. The van der Waals surface area contributed by atoms with E-state index >= 15 is 0 Å². The quantitative estimate of drug-likeness (QED) is 0.462. The van der Waals surface area contributed by atoms with Crippen molar-refractivity contribution in [3.63, 3.8) is 0 Å². The average molecular weight is 437 g/mol. The van der Waals surface area contributed by atoms with Crippen molar-refractivity contribution in [1.29, 1.82) is 0 Å².